The fraction of sp³-hybridized carbons (Fsp3) is 0.412. The number of halogens is 1. The Labute approximate surface area is 143 Å². The van der Waals surface area contributed by atoms with Gasteiger partial charge >= 0.3 is 0 Å². The highest BCUT2D eigenvalue weighted by atomic mass is 35.5. The Balaban J connectivity index is 0.00000264. The van der Waals surface area contributed by atoms with E-state index in [1.807, 2.05) is 54.2 Å². The van der Waals surface area contributed by atoms with Gasteiger partial charge in [-0.3, -0.25) is 9.48 Å². The summed E-state index contributed by atoms with van der Waals surface area (Å²) >= 11 is 0. The molecule has 5 nitrogen and oxygen atoms in total. The first kappa shape index (κ1) is 19.2. The molecule has 23 heavy (non-hydrogen) atoms. The van der Waals surface area contributed by atoms with E-state index < -0.39 is 0 Å². The highest BCUT2D eigenvalue weighted by molar-refractivity contribution is 5.85. The smallest absolute Gasteiger partial charge is 0.224 e. The lowest BCUT2D eigenvalue weighted by molar-refractivity contribution is -0.125. The Kier molecular flexibility index (Phi) is 7.78. The molecule has 6 heteroatoms. The van der Waals surface area contributed by atoms with Crippen LogP contribution in [0.2, 0.25) is 0 Å². The highest BCUT2D eigenvalue weighted by Gasteiger charge is 2.22. The Morgan fingerprint density at radius 1 is 1.26 bits per heavy atom. The summed E-state index contributed by atoms with van der Waals surface area (Å²) < 4.78 is 1.87. The van der Waals surface area contributed by atoms with Gasteiger partial charge in [-0.2, -0.15) is 5.10 Å². The fourth-order valence-electron chi connectivity index (χ4n) is 2.36. The largest absolute Gasteiger partial charge is 0.355 e. The van der Waals surface area contributed by atoms with Crippen LogP contribution >= 0.6 is 12.4 Å². The molecule has 3 atom stereocenters. The van der Waals surface area contributed by atoms with Crippen LogP contribution in [0, 0.1) is 11.8 Å². The minimum Gasteiger partial charge on any atom is -0.355 e. The zero-order valence-corrected chi connectivity index (χ0v) is 14.4. The Morgan fingerprint density at radius 2 is 1.96 bits per heavy atom. The number of carbonyl (C=O) groups is 1. The van der Waals surface area contributed by atoms with Gasteiger partial charge in [0.2, 0.25) is 5.91 Å². The molecule has 0 fully saturated rings. The van der Waals surface area contributed by atoms with Crippen molar-refractivity contribution < 1.29 is 4.79 Å². The van der Waals surface area contributed by atoms with Crippen molar-refractivity contribution in [1.82, 2.24) is 15.1 Å². The molecule has 126 valence electrons. The van der Waals surface area contributed by atoms with Gasteiger partial charge in [-0.1, -0.05) is 44.2 Å². The lowest BCUT2D eigenvalue weighted by atomic mass is 9.94. The predicted octanol–water partition coefficient (Wildman–Crippen LogP) is 2.39. The molecule has 0 bridgehead atoms. The minimum atomic E-state index is -0.289. The number of amides is 1. The predicted molar refractivity (Wildman–Crippen MR) is 94.2 cm³/mol. The SMILES string of the molecule is CC(CNC(=O)C(C)C(N)c1ccccc1)Cn1cccn1.Cl. The molecule has 0 radical (unpaired) electrons. The van der Waals surface area contributed by atoms with E-state index in [-0.39, 0.29) is 30.3 Å². The second-order valence-corrected chi connectivity index (χ2v) is 5.80. The van der Waals surface area contributed by atoms with E-state index in [9.17, 15) is 4.79 Å². The van der Waals surface area contributed by atoms with E-state index in [2.05, 4.69) is 17.3 Å². The van der Waals surface area contributed by atoms with Gasteiger partial charge in [-0.15, -0.1) is 12.4 Å². The van der Waals surface area contributed by atoms with Crippen molar-refractivity contribution in [2.45, 2.75) is 26.4 Å². The third kappa shape index (κ3) is 5.69. The molecule has 0 aliphatic heterocycles. The minimum absolute atomic E-state index is 0. The van der Waals surface area contributed by atoms with Crippen molar-refractivity contribution in [2.24, 2.45) is 17.6 Å². The van der Waals surface area contributed by atoms with Crippen molar-refractivity contribution in [3.8, 4) is 0 Å². The van der Waals surface area contributed by atoms with Crippen LogP contribution in [0.5, 0.6) is 0 Å². The van der Waals surface area contributed by atoms with Crippen LogP contribution in [0.3, 0.4) is 0 Å². The Bertz CT molecular complexity index is 574. The van der Waals surface area contributed by atoms with E-state index in [1.165, 1.54) is 0 Å². The maximum atomic E-state index is 12.3. The van der Waals surface area contributed by atoms with Crippen molar-refractivity contribution in [3.63, 3.8) is 0 Å². The number of hydrogen-bond donors (Lipinski definition) is 2. The van der Waals surface area contributed by atoms with E-state index in [0.29, 0.717) is 12.5 Å². The van der Waals surface area contributed by atoms with Gasteiger partial charge in [0.15, 0.2) is 0 Å². The zero-order chi connectivity index (χ0) is 15.9. The van der Waals surface area contributed by atoms with Crippen molar-refractivity contribution in [2.75, 3.05) is 6.54 Å². The topological polar surface area (TPSA) is 72.9 Å². The van der Waals surface area contributed by atoms with Crippen molar-refractivity contribution in [3.05, 3.63) is 54.4 Å². The van der Waals surface area contributed by atoms with E-state index in [1.54, 1.807) is 6.20 Å². The van der Waals surface area contributed by atoms with Crippen molar-refractivity contribution in [1.29, 1.82) is 0 Å². The Morgan fingerprint density at radius 3 is 2.57 bits per heavy atom. The third-order valence-electron chi connectivity index (χ3n) is 3.82. The molecule has 2 rings (SSSR count). The lowest BCUT2D eigenvalue weighted by Gasteiger charge is -2.21. The third-order valence-corrected chi connectivity index (χ3v) is 3.82. The van der Waals surface area contributed by atoms with Gasteiger partial charge in [0.1, 0.15) is 0 Å². The quantitative estimate of drug-likeness (QED) is 0.815. The molecule has 3 N–H and O–H groups in total. The molecular weight excluding hydrogens is 312 g/mol. The van der Waals surface area contributed by atoms with Crippen LogP contribution in [-0.2, 0) is 11.3 Å². The maximum absolute atomic E-state index is 12.3. The number of rotatable bonds is 7. The number of nitrogens with zero attached hydrogens (tertiary/aromatic N) is 2. The van der Waals surface area contributed by atoms with E-state index in [0.717, 1.165) is 12.1 Å². The standard InChI is InChI=1S/C17H24N4O.ClH/c1-13(12-21-10-6-9-20-21)11-19-17(22)14(2)16(18)15-7-4-3-5-8-15;/h3-10,13-14,16H,11-12,18H2,1-2H3,(H,19,22);1H. The molecular formula is C17H25ClN4O. The number of nitrogens with one attached hydrogen (secondary N) is 1. The molecule has 0 aliphatic rings. The molecule has 1 heterocycles. The zero-order valence-electron chi connectivity index (χ0n) is 13.6. The summed E-state index contributed by atoms with van der Waals surface area (Å²) in [5, 5.41) is 7.16. The summed E-state index contributed by atoms with van der Waals surface area (Å²) in [5.74, 6) is 0.0342. The van der Waals surface area contributed by atoms with Crippen molar-refractivity contribution >= 4 is 18.3 Å². The molecule has 1 aromatic carbocycles. The number of hydrogen-bond acceptors (Lipinski definition) is 3. The van der Waals surface area contributed by atoms with Gasteiger partial charge < -0.3 is 11.1 Å². The number of carbonyl (C=O) groups excluding carboxylic acids is 1. The van der Waals surface area contributed by atoms with Crippen LogP contribution in [0.1, 0.15) is 25.5 Å². The second-order valence-electron chi connectivity index (χ2n) is 5.80. The van der Waals surface area contributed by atoms with Crippen LogP contribution in [0.25, 0.3) is 0 Å². The average Bonchev–Trinajstić information content (AvgIpc) is 3.05. The van der Waals surface area contributed by atoms with Crippen LogP contribution in [0.15, 0.2) is 48.8 Å². The van der Waals surface area contributed by atoms with Gasteiger partial charge in [0.25, 0.3) is 0 Å². The van der Waals surface area contributed by atoms with Crippen LogP contribution in [-0.4, -0.2) is 22.2 Å². The Hall–Kier alpha value is -1.85. The normalized spacial score (nSPS) is 14.4. The first-order valence-corrected chi connectivity index (χ1v) is 7.63. The summed E-state index contributed by atoms with van der Waals surface area (Å²) in [5.41, 5.74) is 7.16. The molecule has 0 saturated carbocycles. The van der Waals surface area contributed by atoms with E-state index >= 15 is 0 Å². The lowest BCUT2D eigenvalue weighted by Crippen LogP contribution is -2.38. The number of benzene rings is 1. The molecule has 1 amide bonds. The second kappa shape index (κ2) is 9.33. The first-order chi connectivity index (χ1) is 10.6. The summed E-state index contributed by atoms with van der Waals surface area (Å²) in [4.78, 5) is 12.3. The summed E-state index contributed by atoms with van der Waals surface area (Å²) in [6.07, 6.45) is 3.68. The summed E-state index contributed by atoms with van der Waals surface area (Å²) in [6.45, 7) is 5.35. The molecule has 0 aliphatic carbocycles. The number of nitrogens with two attached hydrogens (primary N) is 1. The monoisotopic (exact) mass is 336 g/mol. The molecule has 0 saturated heterocycles. The highest BCUT2D eigenvalue weighted by Crippen LogP contribution is 2.19. The first-order valence-electron chi connectivity index (χ1n) is 7.63. The molecule has 2 aromatic rings. The molecule has 3 unspecified atom stereocenters. The van der Waals surface area contributed by atoms with E-state index in [4.69, 9.17) is 5.73 Å². The van der Waals surface area contributed by atoms with Gasteiger partial charge in [0, 0.05) is 31.5 Å². The number of aromatic nitrogens is 2. The maximum Gasteiger partial charge on any atom is 0.224 e. The molecule has 0 spiro atoms. The van der Waals surface area contributed by atoms with Gasteiger partial charge in [0.05, 0.1) is 5.92 Å². The van der Waals surface area contributed by atoms with Crippen LogP contribution < -0.4 is 11.1 Å². The van der Waals surface area contributed by atoms with Crippen LogP contribution in [0.4, 0.5) is 0 Å². The summed E-state index contributed by atoms with van der Waals surface area (Å²) in [7, 11) is 0. The van der Waals surface area contributed by atoms with Gasteiger partial charge in [-0.25, -0.2) is 0 Å². The van der Waals surface area contributed by atoms with Gasteiger partial charge in [-0.05, 0) is 17.5 Å². The molecule has 1 aromatic heterocycles. The fourth-order valence-corrected chi connectivity index (χ4v) is 2.36. The summed E-state index contributed by atoms with van der Waals surface area (Å²) in [6, 6.07) is 11.3. The average molecular weight is 337 g/mol.